The number of benzene rings is 2. The van der Waals surface area contributed by atoms with Crippen molar-refractivity contribution in [2.45, 2.75) is 51.0 Å². The van der Waals surface area contributed by atoms with Crippen LogP contribution >= 0.6 is 0 Å². The summed E-state index contributed by atoms with van der Waals surface area (Å²) in [5.74, 6) is 0. The summed E-state index contributed by atoms with van der Waals surface area (Å²) >= 11 is 0. The second-order valence-corrected chi connectivity index (χ2v) is 7.88. The van der Waals surface area contributed by atoms with Gasteiger partial charge in [-0.05, 0) is 74.2 Å². The van der Waals surface area contributed by atoms with E-state index in [2.05, 4.69) is 45.1 Å². The van der Waals surface area contributed by atoms with Gasteiger partial charge in [-0.1, -0.05) is 19.3 Å². The number of hydrogen-bond acceptors (Lipinski definition) is 3. The van der Waals surface area contributed by atoms with Gasteiger partial charge in [0.1, 0.15) is 0 Å². The molecule has 5 nitrogen and oxygen atoms in total. The number of hydrogen-bond donors (Lipinski definition) is 3. The van der Waals surface area contributed by atoms with Crippen molar-refractivity contribution >= 4 is 28.8 Å². The van der Waals surface area contributed by atoms with Crippen molar-refractivity contribution in [2.75, 3.05) is 28.6 Å². The number of urea groups is 1. The third-order valence-corrected chi connectivity index (χ3v) is 5.71. The monoisotopic (exact) mass is 378 g/mol. The molecule has 1 heterocycles. The molecule has 1 aliphatic carbocycles. The summed E-state index contributed by atoms with van der Waals surface area (Å²) in [6, 6.07) is 16.7. The molecule has 0 bridgehead atoms. The topological polar surface area (TPSA) is 56.4 Å². The van der Waals surface area contributed by atoms with Crippen LogP contribution in [0.3, 0.4) is 0 Å². The summed E-state index contributed by atoms with van der Waals surface area (Å²) in [4.78, 5) is 14.6. The molecular formula is C23H30N4O. The molecule has 4 rings (SSSR count). The zero-order valence-electron chi connectivity index (χ0n) is 16.4. The second-order valence-electron chi connectivity index (χ2n) is 7.88. The van der Waals surface area contributed by atoms with Crippen molar-refractivity contribution in [3.05, 3.63) is 48.5 Å². The van der Waals surface area contributed by atoms with E-state index in [0.29, 0.717) is 6.04 Å². The molecule has 28 heavy (non-hydrogen) atoms. The first-order chi connectivity index (χ1) is 13.8. The highest BCUT2D eigenvalue weighted by Gasteiger charge is 2.15. The summed E-state index contributed by atoms with van der Waals surface area (Å²) in [5, 5.41) is 9.44. The lowest BCUT2D eigenvalue weighted by Gasteiger charge is -2.22. The molecule has 0 aromatic heterocycles. The van der Waals surface area contributed by atoms with Gasteiger partial charge in [-0.2, -0.15) is 0 Å². The maximum Gasteiger partial charge on any atom is 0.319 e. The van der Waals surface area contributed by atoms with Gasteiger partial charge in [0.15, 0.2) is 0 Å². The minimum atomic E-state index is -0.106. The zero-order chi connectivity index (χ0) is 19.2. The Morgan fingerprint density at radius 3 is 1.96 bits per heavy atom. The molecule has 2 aliphatic rings. The fourth-order valence-electron chi connectivity index (χ4n) is 4.13. The van der Waals surface area contributed by atoms with Crippen LogP contribution in [0.15, 0.2) is 48.5 Å². The van der Waals surface area contributed by atoms with E-state index in [4.69, 9.17) is 0 Å². The van der Waals surface area contributed by atoms with Gasteiger partial charge in [0.2, 0.25) is 0 Å². The Kier molecular flexibility index (Phi) is 6.00. The van der Waals surface area contributed by atoms with Gasteiger partial charge in [-0.3, -0.25) is 0 Å². The van der Waals surface area contributed by atoms with Crippen molar-refractivity contribution in [1.29, 1.82) is 0 Å². The summed E-state index contributed by atoms with van der Waals surface area (Å²) < 4.78 is 0. The van der Waals surface area contributed by atoms with Crippen LogP contribution in [0.2, 0.25) is 0 Å². The molecule has 1 saturated heterocycles. The number of amides is 2. The van der Waals surface area contributed by atoms with Gasteiger partial charge in [0.25, 0.3) is 0 Å². The smallest absolute Gasteiger partial charge is 0.319 e. The van der Waals surface area contributed by atoms with Crippen LogP contribution in [0, 0.1) is 0 Å². The largest absolute Gasteiger partial charge is 0.372 e. The van der Waals surface area contributed by atoms with Crippen LogP contribution in [0.1, 0.15) is 44.9 Å². The van der Waals surface area contributed by atoms with E-state index >= 15 is 0 Å². The molecule has 2 fully saturated rings. The van der Waals surface area contributed by atoms with E-state index in [9.17, 15) is 4.79 Å². The van der Waals surface area contributed by atoms with E-state index in [0.717, 1.165) is 43.0 Å². The molecule has 2 aromatic carbocycles. The average Bonchev–Trinajstić information content (AvgIpc) is 3.26. The Labute approximate surface area is 167 Å². The Morgan fingerprint density at radius 2 is 1.32 bits per heavy atom. The Hall–Kier alpha value is -2.69. The molecule has 3 N–H and O–H groups in total. The highest BCUT2D eigenvalue weighted by molar-refractivity contribution is 5.89. The molecule has 0 radical (unpaired) electrons. The second kappa shape index (κ2) is 9.00. The summed E-state index contributed by atoms with van der Waals surface area (Å²) in [6.07, 6.45) is 8.47. The number of carbonyl (C=O) groups excluding carboxylic acids is 1. The Bertz CT molecular complexity index is 760. The quantitative estimate of drug-likeness (QED) is 0.645. The standard InChI is InChI=1S/C23H30N4O/c28-23(25-18-6-2-1-3-7-18)26-21-10-8-19(9-11-21)24-20-12-14-22(15-13-20)27-16-4-5-17-27/h8-15,18,24H,1-7,16-17H2,(H2,25,26,28). The molecular weight excluding hydrogens is 348 g/mol. The van der Waals surface area contributed by atoms with Crippen molar-refractivity contribution in [3.8, 4) is 0 Å². The molecule has 1 aliphatic heterocycles. The SMILES string of the molecule is O=C(Nc1ccc(Nc2ccc(N3CCCC3)cc2)cc1)NC1CCCCC1. The van der Waals surface area contributed by atoms with E-state index in [-0.39, 0.29) is 6.03 Å². The highest BCUT2D eigenvalue weighted by atomic mass is 16.2. The van der Waals surface area contributed by atoms with Gasteiger partial charge in [-0.25, -0.2) is 4.79 Å². The lowest BCUT2D eigenvalue weighted by molar-refractivity contribution is 0.244. The van der Waals surface area contributed by atoms with Crippen LogP contribution in [-0.2, 0) is 0 Å². The molecule has 5 heteroatoms. The van der Waals surface area contributed by atoms with Gasteiger partial charge in [0, 0.05) is 41.9 Å². The molecule has 1 saturated carbocycles. The first-order valence-electron chi connectivity index (χ1n) is 10.6. The van der Waals surface area contributed by atoms with E-state index in [1.165, 1.54) is 37.8 Å². The van der Waals surface area contributed by atoms with Gasteiger partial charge in [-0.15, -0.1) is 0 Å². The molecule has 2 amide bonds. The Balaban J connectivity index is 1.28. The number of rotatable bonds is 5. The van der Waals surface area contributed by atoms with Crippen molar-refractivity contribution in [1.82, 2.24) is 5.32 Å². The number of nitrogens with zero attached hydrogens (tertiary/aromatic N) is 1. The maximum atomic E-state index is 12.2. The minimum Gasteiger partial charge on any atom is -0.372 e. The van der Waals surface area contributed by atoms with Crippen LogP contribution in [0.25, 0.3) is 0 Å². The third-order valence-electron chi connectivity index (χ3n) is 5.71. The van der Waals surface area contributed by atoms with Crippen molar-refractivity contribution in [3.63, 3.8) is 0 Å². The lowest BCUT2D eigenvalue weighted by atomic mass is 9.96. The van der Waals surface area contributed by atoms with Gasteiger partial charge < -0.3 is 20.9 Å². The average molecular weight is 379 g/mol. The first kappa shape index (κ1) is 18.7. The third kappa shape index (κ3) is 4.97. The number of carbonyl (C=O) groups is 1. The molecule has 0 atom stereocenters. The highest BCUT2D eigenvalue weighted by Crippen LogP contribution is 2.24. The van der Waals surface area contributed by atoms with Crippen LogP contribution in [0.4, 0.5) is 27.5 Å². The lowest BCUT2D eigenvalue weighted by Crippen LogP contribution is -2.38. The molecule has 0 spiro atoms. The fraction of sp³-hybridized carbons (Fsp3) is 0.435. The fourth-order valence-corrected chi connectivity index (χ4v) is 4.13. The van der Waals surface area contributed by atoms with Gasteiger partial charge in [0.05, 0.1) is 0 Å². The predicted molar refractivity (Wildman–Crippen MR) is 117 cm³/mol. The summed E-state index contributed by atoms with van der Waals surface area (Å²) in [7, 11) is 0. The summed E-state index contributed by atoms with van der Waals surface area (Å²) in [6.45, 7) is 2.32. The van der Waals surface area contributed by atoms with Crippen LogP contribution < -0.4 is 20.9 Å². The van der Waals surface area contributed by atoms with Gasteiger partial charge >= 0.3 is 6.03 Å². The summed E-state index contributed by atoms with van der Waals surface area (Å²) in [5.41, 5.74) is 4.18. The molecule has 2 aromatic rings. The van der Waals surface area contributed by atoms with Crippen LogP contribution in [0.5, 0.6) is 0 Å². The first-order valence-corrected chi connectivity index (χ1v) is 10.6. The molecule has 148 valence electrons. The normalized spacial score (nSPS) is 17.4. The van der Waals surface area contributed by atoms with Crippen molar-refractivity contribution < 1.29 is 4.79 Å². The maximum absolute atomic E-state index is 12.2. The van der Waals surface area contributed by atoms with Crippen molar-refractivity contribution in [2.24, 2.45) is 0 Å². The number of anilines is 4. The predicted octanol–water partition coefficient (Wildman–Crippen LogP) is 5.48. The van der Waals surface area contributed by atoms with Crippen LogP contribution in [-0.4, -0.2) is 25.2 Å². The zero-order valence-corrected chi connectivity index (χ0v) is 16.4. The van der Waals surface area contributed by atoms with E-state index in [1.807, 2.05) is 24.3 Å². The molecule has 0 unspecified atom stereocenters. The van der Waals surface area contributed by atoms with E-state index < -0.39 is 0 Å². The number of nitrogens with one attached hydrogen (secondary N) is 3. The van der Waals surface area contributed by atoms with E-state index in [1.54, 1.807) is 0 Å². The Morgan fingerprint density at radius 1 is 0.750 bits per heavy atom. The minimum absolute atomic E-state index is 0.106.